The number of rotatable bonds is 4. The third kappa shape index (κ3) is 3.19. The zero-order chi connectivity index (χ0) is 16.4. The van der Waals surface area contributed by atoms with E-state index in [1.807, 2.05) is 0 Å². The molecule has 0 atom stereocenters. The SMILES string of the molecule is COc1ccc2nc(Nc3cccc(Cl)c3)c(C(=O)O)cc2c1. The average Bonchev–Trinajstić information content (AvgIpc) is 2.53. The minimum Gasteiger partial charge on any atom is -0.497 e. The number of carbonyl (C=O) groups is 1. The molecule has 3 aromatic rings. The summed E-state index contributed by atoms with van der Waals surface area (Å²) in [4.78, 5) is 15.9. The fraction of sp³-hybridized carbons (Fsp3) is 0.0588. The lowest BCUT2D eigenvalue weighted by atomic mass is 10.1. The molecule has 0 saturated heterocycles. The summed E-state index contributed by atoms with van der Waals surface area (Å²) in [5.74, 6) is -0.157. The standard InChI is InChI=1S/C17H13ClN2O3/c1-23-13-5-6-15-10(7-13)8-14(17(21)22)16(20-15)19-12-4-2-3-11(18)9-12/h2-9H,1H3,(H,19,20)(H,21,22). The lowest BCUT2D eigenvalue weighted by Gasteiger charge is -2.11. The van der Waals surface area contributed by atoms with E-state index in [0.29, 0.717) is 27.4 Å². The van der Waals surface area contributed by atoms with Gasteiger partial charge in [0.15, 0.2) is 0 Å². The largest absolute Gasteiger partial charge is 0.497 e. The van der Waals surface area contributed by atoms with Gasteiger partial charge in [0.2, 0.25) is 0 Å². The minimum absolute atomic E-state index is 0.0747. The quantitative estimate of drug-likeness (QED) is 0.745. The van der Waals surface area contributed by atoms with Gasteiger partial charge in [0.1, 0.15) is 17.1 Å². The first-order valence-electron chi connectivity index (χ1n) is 6.81. The summed E-state index contributed by atoms with van der Waals surface area (Å²) >= 11 is 5.95. The Bertz CT molecular complexity index is 896. The van der Waals surface area contributed by atoms with Gasteiger partial charge in [-0.1, -0.05) is 17.7 Å². The highest BCUT2D eigenvalue weighted by atomic mass is 35.5. The molecule has 0 aliphatic heterocycles. The van der Waals surface area contributed by atoms with Crippen LogP contribution in [0.15, 0.2) is 48.5 Å². The maximum Gasteiger partial charge on any atom is 0.339 e. The van der Waals surface area contributed by atoms with Crippen molar-refractivity contribution in [2.45, 2.75) is 0 Å². The van der Waals surface area contributed by atoms with Crippen molar-refractivity contribution in [1.29, 1.82) is 0 Å². The van der Waals surface area contributed by atoms with E-state index in [0.717, 1.165) is 0 Å². The van der Waals surface area contributed by atoms with E-state index in [4.69, 9.17) is 16.3 Å². The van der Waals surface area contributed by atoms with Crippen LogP contribution in [0.5, 0.6) is 5.75 Å². The predicted molar refractivity (Wildman–Crippen MR) is 90.0 cm³/mol. The molecular weight excluding hydrogens is 316 g/mol. The maximum absolute atomic E-state index is 11.5. The zero-order valence-corrected chi connectivity index (χ0v) is 13.0. The van der Waals surface area contributed by atoms with Crippen molar-refractivity contribution in [1.82, 2.24) is 4.98 Å². The lowest BCUT2D eigenvalue weighted by molar-refractivity contribution is 0.0698. The number of halogens is 1. The van der Waals surface area contributed by atoms with Crippen molar-refractivity contribution in [3.05, 3.63) is 59.1 Å². The molecule has 2 N–H and O–H groups in total. The number of ether oxygens (including phenoxy) is 1. The molecule has 0 unspecified atom stereocenters. The van der Waals surface area contributed by atoms with Crippen molar-refractivity contribution in [3.8, 4) is 5.75 Å². The maximum atomic E-state index is 11.5. The lowest BCUT2D eigenvalue weighted by Crippen LogP contribution is -2.05. The number of fused-ring (bicyclic) bond motifs is 1. The third-order valence-electron chi connectivity index (χ3n) is 3.34. The summed E-state index contributed by atoms with van der Waals surface area (Å²) in [5, 5.41) is 13.7. The number of methoxy groups -OCH3 is 1. The second kappa shape index (κ2) is 6.14. The Morgan fingerprint density at radius 1 is 1.22 bits per heavy atom. The Morgan fingerprint density at radius 2 is 2.04 bits per heavy atom. The van der Waals surface area contributed by atoms with E-state index in [2.05, 4.69) is 10.3 Å². The number of hydrogen-bond acceptors (Lipinski definition) is 4. The van der Waals surface area contributed by atoms with Gasteiger partial charge in [-0.15, -0.1) is 0 Å². The Morgan fingerprint density at radius 3 is 2.74 bits per heavy atom. The summed E-state index contributed by atoms with van der Waals surface area (Å²) in [7, 11) is 1.56. The van der Waals surface area contributed by atoms with Crippen LogP contribution < -0.4 is 10.1 Å². The van der Waals surface area contributed by atoms with Crippen molar-refractivity contribution in [3.63, 3.8) is 0 Å². The molecule has 0 spiro atoms. The number of aromatic carboxylic acids is 1. The normalized spacial score (nSPS) is 10.5. The van der Waals surface area contributed by atoms with Crippen molar-refractivity contribution in [2.24, 2.45) is 0 Å². The number of benzene rings is 2. The average molecular weight is 329 g/mol. The van der Waals surface area contributed by atoms with Crippen LogP contribution in [0.2, 0.25) is 5.02 Å². The number of anilines is 2. The second-order valence-corrected chi connectivity index (χ2v) is 5.32. The summed E-state index contributed by atoms with van der Waals surface area (Å²) in [6.07, 6.45) is 0. The summed E-state index contributed by atoms with van der Waals surface area (Å²) in [6.45, 7) is 0. The number of carboxylic acid groups (broad SMARTS) is 1. The predicted octanol–water partition coefficient (Wildman–Crippen LogP) is 4.34. The molecule has 6 heteroatoms. The number of hydrogen-bond donors (Lipinski definition) is 2. The molecule has 3 rings (SSSR count). The van der Waals surface area contributed by atoms with Crippen LogP contribution in [0.25, 0.3) is 10.9 Å². The summed E-state index contributed by atoms with van der Waals surface area (Å²) in [5.41, 5.74) is 1.41. The van der Waals surface area contributed by atoms with Crippen LogP contribution in [-0.2, 0) is 0 Å². The van der Waals surface area contributed by atoms with Gasteiger partial charge in [-0.2, -0.15) is 0 Å². The number of pyridine rings is 1. The molecule has 0 radical (unpaired) electrons. The number of carboxylic acids is 1. The monoisotopic (exact) mass is 328 g/mol. The van der Waals surface area contributed by atoms with E-state index >= 15 is 0 Å². The fourth-order valence-electron chi connectivity index (χ4n) is 2.24. The summed E-state index contributed by atoms with van der Waals surface area (Å²) in [6, 6.07) is 13.9. The van der Waals surface area contributed by atoms with Crippen LogP contribution in [-0.4, -0.2) is 23.2 Å². The molecule has 1 heterocycles. The van der Waals surface area contributed by atoms with Crippen molar-refractivity contribution in [2.75, 3.05) is 12.4 Å². The van der Waals surface area contributed by atoms with E-state index in [1.54, 1.807) is 55.6 Å². The molecule has 0 fully saturated rings. The van der Waals surface area contributed by atoms with Gasteiger partial charge in [-0.3, -0.25) is 0 Å². The van der Waals surface area contributed by atoms with Crippen LogP contribution in [0.3, 0.4) is 0 Å². The smallest absolute Gasteiger partial charge is 0.339 e. The first-order chi connectivity index (χ1) is 11.1. The van der Waals surface area contributed by atoms with E-state index in [9.17, 15) is 9.90 Å². The van der Waals surface area contributed by atoms with Crippen molar-refractivity contribution < 1.29 is 14.6 Å². The van der Waals surface area contributed by atoms with Crippen LogP contribution >= 0.6 is 11.6 Å². The minimum atomic E-state index is -1.06. The van der Waals surface area contributed by atoms with Gasteiger partial charge in [-0.05, 0) is 42.5 Å². The highest BCUT2D eigenvalue weighted by Gasteiger charge is 2.14. The molecule has 0 amide bonds. The number of aromatic nitrogens is 1. The molecule has 0 aliphatic rings. The van der Waals surface area contributed by atoms with E-state index < -0.39 is 5.97 Å². The molecule has 5 nitrogen and oxygen atoms in total. The number of nitrogens with zero attached hydrogens (tertiary/aromatic N) is 1. The highest BCUT2D eigenvalue weighted by Crippen LogP contribution is 2.27. The Balaban J connectivity index is 2.11. The first-order valence-corrected chi connectivity index (χ1v) is 7.19. The molecule has 23 heavy (non-hydrogen) atoms. The van der Waals surface area contributed by atoms with Gasteiger partial charge in [0.25, 0.3) is 0 Å². The molecule has 2 aromatic carbocycles. The molecule has 1 aromatic heterocycles. The van der Waals surface area contributed by atoms with Gasteiger partial charge in [0, 0.05) is 16.1 Å². The van der Waals surface area contributed by atoms with Crippen molar-refractivity contribution >= 4 is 40.0 Å². The first kappa shape index (κ1) is 15.1. The molecule has 0 saturated carbocycles. The van der Waals surface area contributed by atoms with Crippen LogP contribution in [0, 0.1) is 0 Å². The van der Waals surface area contributed by atoms with E-state index in [-0.39, 0.29) is 11.4 Å². The Kier molecular flexibility index (Phi) is 4.04. The topological polar surface area (TPSA) is 71.5 Å². The Labute approximate surface area is 137 Å². The molecule has 0 bridgehead atoms. The fourth-order valence-corrected chi connectivity index (χ4v) is 2.43. The molecule has 0 aliphatic carbocycles. The van der Waals surface area contributed by atoms with Gasteiger partial charge in [0.05, 0.1) is 12.6 Å². The summed E-state index contributed by atoms with van der Waals surface area (Å²) < 4.78 is 5.16. The van der Waals surface area contributed by atoms with E-state index in [1.165, 1.54) is 0 Å². The van der Waals surface area contributed by atoms with Gasteiger partial charge >= 0.3 is 5.97 Å². The van der Waals surface area contributed by atoms with Gasteiger partial charge in [-0.25, -0.2) is 9.78 Å². The van der Waals surface area contributed by atoms with Crippen LogP contribution in [0.4, 0.5) is 11.5 Å². The van der Waals surface area contributed by atoms with Gasteiger partial charge < -0.3 is 15.2 Å². The molecular formula is C17H13ClN2O3. The molecule has 116 valence electrons. The third-order valence-corrected chi connectivity index (χ3v) is 3.57. The highest BCUT2D eigenvalue weighted by molar-refractivity contribution is 6.30. The number of nitrogens with one attached hydrogen (secondary N) is 1. The Hall–Kier alpha value is -2.79. The second-order valence-electron chi connectivity index (χ2n) is 4.88. The van der Waals surface area contributed by atoms with Crippen LogP contribution in [0.1, 0.15) is 10.4 Å². The zero-order valence-electron chi connectivity index (χ0n) is 12.2.